The molecule has 4 rings (SSSR count). The van der Waals surface area contributed by atoms with Crippen LogP contribution in [0.1, 0.15) is 17.2 Å². The molecule has 0 heterocycles. The number of benzene rings is 4. The SMILES string of the molecule is N#CC(O)c1cccc(Oc2ccccc2)c1.OCc1cccc(Oc2ccccc2)c1. The first kappa shape index (κ1) is 22.6. The molecule has 0 bridgehead atoms. The minimum Gasteiger partial charge on any atom is -0.457 e. The maximum Gasteiger partial charge on any atom is 0.166 e. The maximum atomic E-state index is 9.40. The van der Waals surface area contributed by atoms with Crippen molar-refractivity contribution in [3.63, 3.8) is 0 Å². The highest BCUT2D eigenvalue weighted by atomic mass is 16.5. The third-order valence-corrected chi connectivity index (χ3v) is 4.33. The van der Waals surface area contributed by atoms with E-state index in [2.05, 4.69) is 0 Å². The van der Waals surface area contributed by atoms with Gasteiger partial charge in [0.15, 0.2) is 6.10 Å². The number of hydrogen-bond acceptors (Lipinski definition) is 5. The van der Waals surface area contributed by atoms with Crippen LogP contribution in [0.25, 0.3) is 0 Å². The Morgan fingerprint density at radius 2 is 1.16 bits per heavy atom. The molecule has 1 atom stereocenters. The summed E-state index contributed by atoms with van der Waals surface area (Å²) in [6, 6.07) is 35.0. The fourth-order valence-electron chi connectivity index (χ4n) is 2.78. The fraction of sp³-hybridized carbons (Fsp3) is 0.0741. The summed E-state index contributed by atoms with van der Waals surface area (Å²) in [4.78, 5) is 0. The van der Waals surface area contributed by atoms with Crippen molar-refractivity contribution in [3.8, 4) is 29.1 Å². The van der Waals surface area contributed by atoms with Gasteiger partial charge in [-0.3, -0.25) is 0 Å². The predicted octanol–water partition coefficient (Wildman–Crippen LogP) is 6.01. The van der Waals surface area contributed by atoms with E-state index < -0.39 is 6.10 Å². The number of ether oxygens (including phenoxy) is 2. The van der Waals surface area contributed by atoms with Gasteiger partial charge in [-0.15, -0.1) is 0 Å². The molecular formula is C27H23NO4. The standard InChI is InChI=1S/C14H11NO2.C13H12O2/c15-10-14(16)11-5-4-8-13(9-11)17-12-6-2-1-3-7-12;14-10-11-5-4-8-13(9-11)15-12-6-2-1-3-7-12/h1-9,14,16H;1-9,14H,10H2. The summed E-state index contributed by atoms with van der Waals surface area (Å²) in [5.41, 5.74) is 1.38. The summed E-state index contributed by atoms with van der Waals surface area (Å²) in [5, 5.41) is 27.0. The smallest absolute Gasteiger partial charge is 0.166 e. The van der Waals surface area contributed by atoms with E-state index in [0.717, 1.165) is 22.8 Å². The van der Waals surface area contributed by atoms with Crippen LogP contribution in [0.2, 0.25) is 0 Å². The Labute approximate surface area is 187 Å². The van der Waals surface area contributed by atoms with Crippen LogP contribution in [0.15, 0.2) is 109 Å². The van der Waals surface area contributed by atoms with Gasteiger partial charge in [0.1, 0.15) is 23.0 Å². The lowest BCUT2D eigenvalue weighted by Gasteiger charge is -2.07. The monoisotopic (exact) mass is 425 g/mol. The van der Waals surface area contributed by atoms with E-state index in [1.165, 1.54) is 0 Å². The van der Waals surface area contributed by atoms with Crippen molar-refractivity contribution in [2.45, 2.75) is 12.7 Å². The second-order valence-corrected chi connectivity index (χ2v) is 6.74. The molecular weight excluding hydrogens is 402 g/mol. The molecule has 4 aromatic carbocycles. The van der Waals surface area contributed by atoms with Crippen LogP contribution in [0.5, 0.6) is 23.0 Å². The second kappa shape index (κ2) is 11.9. The van der Waals surface area contributed by atoms with Crippen LogP contribution in [-0.4, -0.2) is 10.2 Å². The summed E-state index contributed by atoms with van der Waals surface area (Å²) in [6.45, 7) is 0.0337. The molecule has 32 heavy (non-hydrogen) atoms. The van der Waals surface area contributed by atoms with Gasteiger partial charge in [-0.25, -0.2) is 0 Å². The Kier molecular flexibility index (Phi) is 8.41. The summed E-state index contributed by atoms with van der Waals surface area (Å²) >= 11 is 0. The Hall–Kier alpha value is -4.11. The van der Waals surface area contributed by atoms with Crippen molar-refractivity contribution in [2.24, 2.45) is 0 Å². The van der Waals surface area contributed by atoms with Crippen LogP contribution in [-0.2, 0) is 6.61 Å². The number of aliphatic hydroxyl groups excluding tert-OH is 2. The van der Waals surface area contributed by atoms with Crippen LogP contribution >= 0.6 is 0 Å². The minimum absolute atomic E-state index is 0.0337. The molecule has 0 fully saturated rings. The molecule has 0 aliphatic rings. The van der Waals surface area contributed by atoms with Gasteiger partial charge < -0.3 is 19.7 Å². The highest BCUT2D eigenvalue weighted by molar-refractivity contribution is 5.36. The molecule has 0 aliphatic heterocycles. The third-order valence-electron chi connectivity index (χ3n) is 4.33. The Bertz CT molecular complexity index is 1140. The molecule has 0 saturated carbocycles. The molecule has 160 valence electrons. The van der Waals surface area contributed by atoms with E-state index in [-0.39, 0.29) is 6.61 Å². The van der Waals surface area contributed by atoms with Crippen LogP contribution in [0.4, 0.5) is 0 Å². The van der Waals surface area contributed by atoms with Gasteiger partial charge in [-0.1, -0.05) is 60.7 Å². The van der Waals surface area contributed by atoms with E-state index in [1.807, 2.05) is 84.9 Å². The van der Waals surface area contributed by atoms with Gasteiger partial charge in [0, 0.05) is 0 Å². The normalized spacial score (nSPS) is 10.8. The molecule has 2 N–H and O–H groups in total. The van der Waals surface area contributed by atoms with Crippen molar-refractivity contribution in [3.05, 3.63) is 120 Å². The fourth-order valence-corrected chi connectivity index (χ4v) is 2.78. The molecule has 0 saturated heterocycles. The number of hydrogen-bond donors (Lipinski definition) is 2. The van der Waals surface area contributed by atoms with Gasteiger partial charge >= 0.3 is 0 Å². The molecule has 0 aliphatic carbocycles. The zero-order valence-corrected chi connectivity index (χ0v) is 17.3. The first-order chi connectivity index (χ1) is 15.7. The lowest BCUT2D eigenvalue weighted by atomic mass is 10.1. The zero-order valence-electron chi connectivity index (χ0n) is 17.3. The molecule has 0 spiro atoms. The molecule has 4 aromatic rings. The quantitative estimate of drug-likeness (QED) is 0.370. The Morgan fingerprint density at radius 1 is 0.656 bits per heavy atom. The van der Waals surface area contributed by atoms with Gasteiger partial charge in [-0.05, 0) is 59.7 Å². The summed E-state index contributed by atoms with van der Waals surface area (Å²) in [6.07, 6.45) is -1.12. The summed E-state index contributed by atoms with van der Waals surface area (Å²) in [7, 11) is 0. The van der Waals surface area contributed by atoms with E-state index in [9.17, 15) is 5.11 Å². The number of para-hydroxylation sites is 2. The second-order valence-electron chi connectivity index (χ2n) is 6.74. The van der Waals surface area contributed by atoms with Crippen molar-refractivity contribution in [1.29, 1.82) is 5.26 Å². The van der Waals surface area contributed by atoms with Gasteiger partial charge in [-0.2, -0.15) is 5.26 Å². The number of nitriles is 1. The first-order valence-electron chi connectivity index (χ1n) is 10.0. The Morgan fingerprint density at radius 3 is 1.69 bits per heavy atom. The lowest BCUT2D eigenvalue weighted by molar-refractivity contribution is 0.235. The van der Waals surface area contributed by atoms with E-state index in [4.69, 9.17) is 19.8 Å². The van der Waals surface area contributed by atoms with Gasteiger partial charge in [0.05, 0.1) is 12.7 Å². The van der Waals surface area contributed by atoms with Crippen molar-refractivity contribution >= 4 is 0 Å². The van der Waals surface area contributed by atoms with Crippen LogP contribution < -0.4 is 9.47 Å². The van der Waals surface area contributed by atoms with Crippen molar-refractivity contribution < 1.29 is 19.7 Å². The highest BCUT2D eigenvalue weighted by Gasteiger charge is 2.06. The first-order valence-corrected chi connectivity index (χ1v) is 10.0. The summed E-state index contributed by atoms with van der Waals surface area (Å²) in [5.74, 6) is 2.86. The van der Waals surface area contributed by atoms with Gasteiger partial charge in [0.2, 0.25) is 0 Å². The average Bonchev–Trinajstić information content (AvgIpc) is 2.85. The van der Waals surface area contributed by atoms with Crippen LogP contribution in [0, 0.1) is 11.3 Å². The average molecular weight is 425 g/mol. The molecule has 0 amide bonds. The van der Waals surface area contributed by atoms with E-state index in [0.29, 0.717) is 11.3 Å². The zero-order chi connectivity index (χ0) is 22.6. The third kappa shape index (κ3) is 6.99. The molecule has 0 radical (unpaired) electrons. The number of nitrogens with zero attached hydrogens (tertiary/aromatic N) is 1. The largest absolute Gasteiger partial charge is 0.457 e. The van der Waals surface area contributed by atoms with E-state index in [1.54, 1.807) is 30.3 Å². The minimum atomic E-state index is -1.12. The highest BCUT2D eigenvalue weighted by Crippen LogP contribution is 2.24. The summed E-state index contributed by atoms with van der Waals surface area (Å²) < 4.78 is 11.2. The topological polar surface area (TPSA) is 82.7 Å². The van der Waals surface area contributed by atoms with Gasteiger partial charge in [0.25, 0.3) is 0 Å². The molecule has 1 unspecified atom stereocenters. The number of rotatable bonds is 6. The van der Waals surface area contributed by atoms with Crippen LogP contribution in [0.3, 0.4) is 0 Å². The molecule has 5 heteroatoms. The predicted molar refractivity (Wildman–Crippen MR) is 122 cm³/mol. The maximum absolute atomic E-state index is 9.40. The lowest BCUT2D eigenvalue weighted by Crippen LogP contribution is -1.93. The van der Waals surface area contributed by atoms with Crippen molar-refractivity contribution in [2.75, 3.05) is 0 Å². The molecule has 5 nitrogen and oxygen atoms in total. The van der Waals surface area contributed by atoms with Crippen molar-refractivity contribution in [1.82, 2.24) is 0 Å². The molecule has 0 aromatic heterocycles. The Balaban J connectivity index is 0.000000182. The number of aliphatic hydroxyl groups is 2. The van der Waals surface area contributed by atoms with E-state index >= 15 is 0 Å².